The van der Waals surface area contributed by atoms with Gasteiger partial charge in [0.05, 0.1) is 11.2 Å². The highest BCUT2D eigenvalue weighted by atomic mass is 16.1. The zero-order valence-corrected chi connectivity index (χ0v) is 12.8. The molecular weight excluding hydrogens is 262 g/mol. The minimum atomic E-state index is 0.0570. The molecule has 0 aliphatic carbocycles. The van der Waals surface area contributed by atoms with E-state index in [-0.39, 0.29) is 5.56 Å². The molecule has 3 rings (SSSR count). The van der Waals surface area contributed by atoms with Crippen LogP contribution in [-0.4, -0.2) is 30.2 Å². The Kier molecular flexibility index (Phi) is 3.97. The van der Waals surface area contributed by atoms with Crippen molar-refractivity contribution in [2.75, 3.05) is 24.5 Å². The number of hydrogen-bond donors (Lipinski definition) is 1. The topological polar surface area (TPSA) is 37.3 Å². The summed E-state index contributed by atoms with van der Waals surface area (Å²) in [7, 11) is 1.84. The lowest BCUT2D eigenvalue weighted by atomic mass is 10.1. The van der Waals surface area contributed by atoms with Crippen LogP contribution in [0.15, 0.2) is 35.1 Å². The van der Waals surface area contributed by atoms with Crippen molar-refractivity contribution in [2.45, 2.75) is 25.8 Å². The molecule has 4 heteroatoms. The van der Waals surface area contributed by atoms with Crippen molar-refractivity contribution in [2.24, 2.45) is 7.05 Å². The molecule has 2 heterocycles. The van der Waals surface area contributed by atoms with Gasteiger partial charge in [0, 0.05) is 37.6 Å². The predicted molar refractivity (Wildman–Crippen MR) is 88.1 cm³/mol. The van der Waals surface area contributed by atoms with E-state index in [1.54, 1.807) is 10.6 Å². The van der Waals surface area contributed by atoms with Gasteiger partial charge in [0.2, 0.25) is 0 Å². The molecule has 0 spiro atoms. The molecule has 1 aromatic carbocycles. The van der Waals surface area contributed by atoms with E-state index in [0.29, 0.717) is 6.04 Å². The van der Waals surface area contributed by atoms with E-state index in [2.05, 4.69) is 23.2 Å². The van der Waals surface area contributed by atoms with Gasteiger partial charge in [-0.05, 0) is 32.4 Å². The Morgan fingerprint density at radius 3 is 2.90 bits per heavy atom. The van der Waals surface area contributed by atoms with Gasteiger partial charge in [-0.25, -0.2) is 0 Å². The first-order chi connectivity index (χ1) is 10.2. The molecule has 1 N–H and O–H groups in total. The molecule has 0 amide bonds. The third kappa shape index (κ3) is 2.68. The van der Waals surface area contributed by atoms with Crippen LogP contribution in [0.2, 0.25) is 0 Å². The molecule has 21 heavy (non-hydrogen) atoms. The van der Waals surface area contributed by atoms with E-state index in [1.807, 2.05) is 25.2 Å². The Labute approximate surface area is 125 Å². The van der Waals surface area contributed by atoms with Crippen LogP contribution in [0.3, 0.4) is 0 Å². The number of fused-ring (bicyclic) bond motifs is 1. The number of pyridine rings is 1. The first kappa shape index (κ1) is 14.1. The fourth-order valence-corrected chi connectivity index (χ4v) is 3.23. The Bertz CT molecular complexity index is 686. The summed E-state index contributed by atoms with van der Waals surface area (Å²) in [6, 6.07) is 10.5. The summed E-state index contributed by atoms with van der Waals surface area (Å²) in [6.07, 6.45) is 2.47. The molecule has 1 aromatic heterocycles. The third-order valence-corrected chi connectivity index (χ3v) is 4.46. The van der Waals surface area contributed by atoms with Crippen LogP contribution in [0.25, 0.3) is 10.9 Å². The van der Waals surface area contributed by atoms with Gasteiger partial charge in [-0.15, -0.1) is 0 Å². The van der Waals surface area contributed by atoms with E-state index >= 15 is 0 Å². The average molecular weight is 285 g/mol. The standard InChI is InChI=1S/C17H23N3O/c1-3-20(12-13-7-6-10-18-13)16-11-17(21)19(2)15-9-5-4-8-14(15)16/h4-5,8-9,11,13,18H,3,6-7,10,12H2,1-2H3. The van der Waals surface area contributed by atoms with Crippen molar-refractivity contribution >= 4 is 16.6 Å². The van der Waals surface area contributed by atoms with E-state index in [0.717, 1.165) is 36.2 Å². The molecule has 1 aliphatic heterocycles. The van der Waals surface area contributed by atoms with Crippen LogP contribution in [0.5, 0.6) is 0 Å². The number of rotatable bonds is 4. The normalized spacial score (nSPS) is 18.3. The quantitative estimate of drug-likeness (QED) is 0.935. The van der Waals surface area contributed by atoms with E-state index < -0.39 is 0 Å². The summed E-state index contributed by atoms with van der Waals surface area (Å²) in [4.78, 5) is 14.6. The summed E-state index contributed by atoms with van der Waals surface area (Å²) in [6.45, 7) is 5.14. The summed E-state index contributed by atoms with van der Waals surface area (Å²) in [5.41, 5.74) is 2.12. The third-order valence-electron chi connectivity index (χ3n) is 4.46. The lowest BCUT2D eigenvalue weighted by Crippen LogP contribution is -2.38. The first-order valence-corrected chi connectivity index (χ1v) is 7.78. The van der Waals surface area contributed by atoms with E-state index in [1.165, 1.54) is 12.8 Å². The molecule has 2 aromatic rings. The van der Waals surface area contributed by atoms with Crippen molar-refractivity contribution in [3.8, 4) is 0 Å². The predicted octanol–water partition coefficient (Wildman–Crippen LogP) is 2.12. The molecule has 0 saturated carbocycles. The second-order valence-corrected chi connectivity index (χ2v) is 5.78. The Hall–Kier alpha value is -1.81. The van der Waals surface area contributed by atoms with Crippen LogP contribution in [0.4, 0.5) is 5.69 Å². The maximum Gasteiger partial charge on any atom is 0.252 e. The van der Waals surface area contributed by atoms with Crippen LogP contribution in [0, 0.1) is 0 Å². The number of hydrogen-bond acceptors (Lipinski definition) is 3. The second kappa shape index (κ2) is 5.90. The fourth-order valence-electron chi connectivity index (χ4n) is 3.23. The van der Waals surface area contributed by atoms with Crippen molar-refractivity contribution in [1.82, 2.24) is 9.88 Å². The number of nitrogens with one attached hydrogen (secondary N) is 1. The summed E-state index contributed by atoms with van der Waals surface area (Å²) < 4.78 is 1.72. The largest absolute Gasteiger partial charge is 0.370 e. The van der Waals surface area contributed by atoms with Gasteiger partial charge in [-0.1, -0.05) is 18.2 Å². The van der Waals surface area contributed by atoms with Crippen LogP contribution >= 0.6 is 0 Å². The molecule has 112 valence electrons. The number of likely N-dealkylation sites (N-methyl/N-ethyl adjacent to an activating group) is 1. The summed E-state index contributed by atoms with van der Waals surface area (Å²) >= 11 is 0. The monoisotopic (exact) mass is 285 g/mol. The van der Waals surface area contributed by atoms with Gasteiger partial charge in [-0.3, -0.25) is 4.79 Å². The van der Waals surface area contributed by atoms with E-state index in [4.69, 9.17) is 0 Å². The second-order valence-electron chi connectivity index (χ2n) is 5.78. The van der Waals surface area contributed by atoms with Crippen LogP contribution < -0.4 is 15.8 Å². The van der Waals surface area contributed by atoms with Gasteiger partial charge in [-0.2, -0.15) is 0 Å². The minimum absolute atomic E-state index is 0.0570. The molecule has 0 bridgehead atoms. The maximum absolute atomic E-state index is 12.2. The minimum Gasteiger partial charge on any atom is -0.370 e. The Morgan fingerprint density at radius 2 is 2.19 bits per heavy atom. The maximum atomic E-state index is 12.2. The zero-order valence-electron chi connectivity index (χ0n) is 12.8. The highest BCUT2D eigenvalue weighted by molar-refractivity contribution is 5.91. The SMILES string of the molecule is CCN(CC1CCCN1)c1cc(=O)n(C)c2ccccc12. The Morgan fingerprint density at radius 1 is 1.38 bits per heavy atom. The summed E-state index contributed by atoms with van der Waals surface area (Å²) in [5, 5.41) is 4.69. The molecule has 1 saturated heterocycles. The highest BCUT2D eigenvalue weighted by Crippen LogP contribution is 2.25. The number of aryl methyl sites for hydroxylation is 1. The van der Waals surface area contributed by atoms with Gasteiger partial charge >= 0.3 is 0 Å². The zero-order chi connectivity index (χ0) is 14.8. The smallest absolute Gasteiger partial charge is 0.252 e. The van der Waals surface area contributed by atoms with Crippen LogP contribution in [-0.2, 0) is 7.05 Å². The number of benzene rings is 1. The molecule has 1 aliphatic rings. The summed E-state index contributed by atoms with van der Waals surface area (Å²) in [5.74, 6) is 0. The number of para-hydroxylation sites is 1. The van der Waals surface area contributed by atoms with Gasteiger partial charge in [0.15, 0.2) is 0 Å². The lowest BCUT2D eigenvalue weighted by molar-refractivity contribution is 0.587. The fraction of sp³-hybridized carbons (Fsp3) is 0.471. The molecule has 1 atom stereocenters. The average Bonchev–Trinajstić information content (AvgIpc) is 3.02. The van der Waals surface area contributed by atoms with Crippen molar-refractivity contribution in [1.29, 1.82) is 0 Å². The molecule has 1 fully saturated rings. The lowest BCUT2D eigenvalue weighted by Gasteiger charge is -2.28. The highest BCUT2D eigenvalue weighted by Gasteiger charge is 2.19. The van der Waals surface area contributed by atoms with Crippen molar-refractivity contribution < 1.29 is 0 Å². The van der Waals surface area contributed by atoms with Gasteiger partial charge in [0.25, 0.3) is 5.56 Å². The van der Waals surface area contributed by atoms with E-state index in [9.17, 15) is 4.79 Å². The van der Waals surface area contributed by atoms with Gasteiger partial charge in [0.1, 0.15) is 0 Å². The van der Waals surface area contributed by atoms with Crippen LogP contribution in [0.1, 0.15) is 19.8 Å². The number of nitrogens with zero attached hydrogens (tertiary/aromatic N) is 2. The Balaban J connectivity index is 2.05. The number of aromatic nitrogens is 1. The molecule has 4 nitrogen and oxygen atoms in total. The van der Waals surface area contributed by atoms with Gasteiger partial charge < -0.3 is 14.8 Å². The number of anilines is 1. The molecule has 1 unspecified atom stereocenters. The molecule has 0 radical (unpaired) electrons. The first-order valence-electron chi connectivity index (χ1n) is 7.78. The van der Waals surface area contributed by atoms with Crippen molar-refractivity contribution in [3.63, 3.8) is 0 Å². The molecular formula is C17H23N3O. The van der Waals surface area contributed by atoms with Crippen molar-refractivity contribution in [3.05, 3.63) is 40.7 Å².